The van der Waals surface area contributed by atoms with E-state index in [0.717, 1.165) is 18.6 Å². The Balaban J connectivity index is 1.96. The zero-order valence-electron chi connectivity index (χ0n) is 11.5. The molecule has 0 unspecified atom stereocenters. The first kappa shape index (κ1) is 16.0. The SMILES string of the molecule is CN(CC1CN(c2cc(C(F)(F)F)ncn2)C1)S(C)(=O)=O. The smallest absolute Gasteiger partial charge is 0.356 e. The Morgan fingerprint density at radius 3 is 2.52 bits per heavy atom. The normalized spacial score (nSPS) is 17.1. The van der Waals surface area contributed by atoms with Gasteiger partial charge >= 0.3 is 6.18 Å². The molecular weight excluding hydrogens is 309 g/mol. The predicted octanol–water partition coefficient (Wildman–Crippen LogP) is 0.823. The molecule has 0 spiro atoms. The van der Waals surface area contributed by atoms with E-state index in [2.05, 4.69) is 9.97 Å². The molecule has 0 atom stereocenters. The summed E-state index contributed by atoms with van der Waals surface area (Å²) < 4.78 is 61.4. The number of hydrogen-bond acceptors (Lipinski definition) is 5. The van der Waals surface area contributed by atoms with E-state index in [1.165, 1.54) is 11.4 Å². The van der Waals surface area contributed by atoms with Gasteiger partial charge in [0.1, 0.15) is 17.8 Å². The van der Waals surface area contributed by atoms with Crippen LogP contribution in [0, 0.1) is 5.92 Å². The van der Waals surface area contributed by atoms with Crippen LogP contribution in [0.5, 0.6) is 0 Å². The Bertz CT molecular complexity index is 614. The van der Waals surface area contributed by atoms with E-state index in [0.29, 0.717) is 19.6 Å². The first-order valence-electron chi connectivity index (χ1n) is 6.13. The quantitative estimate of drug-likeness (QED) is 0.820. The molecule has 0 aliphatic carbocycles. The average Bonchev–Trinajstić information content (AvgIpc) is 2.30. The lowest BCUT2D eigenvalue weighted by molar-refractivity contribution is -0.141. The maximum Gasteiger partial charge on any atom is 0.433 e. The Morgan fingerprint density at radius 1 is 1.38 bits per heavy atom. The highest BCUT2D eigenvalue weighted by Crippen LogP contribution is 2.30. The zero-order valence-corrected chi connectivity index (χ0v) is 12.3. The van der Waals surface area contributed by atoms with Gasteiger partial charge in [0.25, 0.3) is 0 Å². The highest BCUT2D eigenvalue weighted by atomic mass is 32.2. The molecule has 2 rings (SSSR count). The molecule has 1 saturated heterocycles. The van der Waals surface area contributed by atoms with Crippen LogP contribution in [0.1, 0.15) is 5.69 Å². The van der Waals surface area contributed by atoms with Crippen molar-refractivity contribution in [3.63, 3.8) is 0 Å². The lowest BCUT2D eigenvalue weighted by Crippen LogP contribution is -2.52. The first-order valence-corrected chi connectivity index (χ1v) is 7.97. The molecule has 0 aromatic carbocycles. The van der Waals surface area contributed by atoms with Crippen LogP contribution in [0.15, 0.2) is 12.4 Å². The molecule has 0 amide bonds. The molecule has 0 radical (unpaired) electrons. The maximum atomic E-state index is 12.6. The average molecular weight is 324 g/mol. The van der Waals surface area contributed by atoms with Gasteiger partial charge in [-0.15, -0.1) is 0 Å². The molecular formula is C11H15F3N4O2S. The van der Waals surface area contributed by atoms with Gasteiger partial charge in [-0.2, -0.15) is 13.2 Å². The predicted molar refractivity (Wildman–Crippen MR) is 70.2 cm³/mol. The monoisotopic (exact) mass is 324 g/mol. The Labute approximate surface area is 120 Å². The summed E-state index contributed by atoms with van der Waals surface area (Å²) in [5.74, 6) is 0.282. The summed E-state index contributed by atoms with van der Waals surface area (Å²) in [6.45, 7) is 1.27. The number of sulfonamides is 1. The van der Waals surface area contributed by atoms with Crippen molar-refractivity contribution in [1.29, 1.82) is 0 Å². The molecule has 2 heterocycles. The number of nitrogens with zero attached hydrogens (tertiary/aromatic N) is 4. The van der Waals surface area contributed by atoms with Crippen LogP contribution in [-0.2, 0) is 16.2 Å². The van der Waals surface area contributed by atoms with Gasteiger partial charge in [0.15, 0.2) is 0 Å². The third-order valence-corrected chi connectivity index (χ3v) is 4.59. The van der Waals surface area contributed by atoms with Crippen molar-refractivity contribution >= 4 is 15.8 Å². The summed E-state index contributed by atoms with van der Waals surface area (Å²) in [6.07, 6.45) is -2.50. The van der Waals surface area contributed by atoms with Crippen molar-refractivity contribution in [2.24, 2.45) is 5.92 Å². The molecule has 10 heteroatoms. The van der Waals surface area contributed by atoms with Crippen LogP contribution in [0.3, 0.4) is 0 Å². The number of anilines is 1. The molecule has 1 fully saturated rings. The van der Waals surface area contributed by atoms with Gasteiger partial charge in [0.2, 0.25) is 10.0 Å². The molecule has 0 N–H and O–H groups in total. The minimum atomic E-state index is -4.50. The summed E-state index contributed by atoms with van der Waals surface area (Å²) in [4.78, 5) is 8.69. The van der Waals surface area contributed by atoms with E-state index < -0.39 is 21.9 Å². The number of halogens is 3. The van der Waals surface area contributed by atoms with E-state index in [4.69, 9.17) is 0 Å². The minimum Gasteiger partial charge on any atom is -0.356 e. The third kappa shape index (κ3) is 3.82. The van der Waals surface area contributed by atoms with Gasteiger partial charge < -0.3 is 4.90 Å². The Hall–Kier alpha value is -1.42. The summed E-state index contributed by atoms with van der Waals surface area (Å²) >= 11 is 0. The minimum absolute atomic E-state index is 0.0778. The molecule has 1 aromatic heterocycles. The lowest BCUT2D eigenvalue weighted by atomic mass is 10.0. The molecule has 1 aliphatic heterocycles. The number of alkyl halides is 3. The van der Waals surface area contributed by atoms with Gasteiger partial charge in [-0.25, -0.2) is 22.7 Å². The van der Waals surface area contributed by atoms with Crippen LogP contribution in [0.4, 0.5) is 19.0 Å². The fourth-order valence-corrected chi connectivity index (χ4v) is 2.53. The number of rotatable bonds is 4. The summed E-state index contributed by atoms with van der Waals surface area (Å²) in [7, 11) is -1.77. The molecule has 21 heavy (non-hydrogen) atoms. The van der Waals surface area contributed by atoms with Crippen LogP contribution in [0.2, 0.25) is 0 Å². The van der Waals surface area contributed by atoms with Crippen LogP contribution >= 0.6 is 0 Å². The Kier molecular flexibility index (Phi) is 4.11. The highest BCUT2D eigenvalue weighted by molar-refractivity contribution is 7.88. The molecule has 1 aromatic rings. The van der Waals surface area contributed by atoms with Crippen LogP contribution in [-0.4, -0.2) is 55.6 Å². The topological polar surface area (TPSA) is 66.4 Å². The number of hydrogen-bond donors (Lipinski definition) is 0. The van der Waals surface area contributed by atoms with Crippen LogP contribution < -0.4 is 4.90 Å². The van der Waals surface area contributed by atoms with Gasteiger partial charge in [-0.05, 0) is 0 Å². The summed E-state index contributed by atoms with van der Waals surface area (Å²) in [5, 5.41) is 0. The van der Waals surface area contributed by atoms with E-state index in [1.807, 2.05) is 0 Å². The second-order valence-corrected chi connectivity index (χ2v) is 7.16. The fraction of sp³-hybridized carbons (Fsp3) is 0.636. The zero-order chi connectivity index (χ0) is 15.8. The van der Waals surface area contributed by atoms with Crippen molar-refractivity contribution in [2.45, 2.75) is 6.18 Å². The highest BCUT2D eigenvalue weighted by Gasteiger charge is 2.35. The number of aromatic nitrogens is 2. The maximum absolute atomic E-state index is 12.6. The summed E-state index contributed by atoms with van der Waals surface area (Å²) in [5.41, 5.74) is -0.982. The van der Waals surface area contributed by atoms with Gasteiger partial charge in [0, 0.05) is 38.7 Å². The van der Waals surface area contributed by atoms with E-state index in [-0.39, 0.29) is 11.7 Å². The first-order chi connectivity index (χ1) is 9.57. The van der Waals surface area contributed by atoms with Crippen molar-refractivity contribution < 1.29 is 21.6 Å². The second-order valence-electron chi connectivity index (χ2n) is 5.07. The third-order valence-electron chi connectivity index (χ3n) is 3.31. The van der Waals surface area contributed by atoms with Crippen molar-refractivity contribution in [1.82, 2.24) is 14.3 Å². The van der Waals surface area contributed by atoms with Crippen LogP contribution in [0.25, 0.3) is 0 Å². The van der Waals surface area contributed by atoms with Gasteiger partial charge in [-0.1, -0.05) is 0 Å². The van der Waals surface area contributed by atoms with E-state index in [1.54, 1.807) is 4.90 Å². The van der Waals surface area contributed by atoms with Crippen molar-refractivity contribution in [3.05, 3.63) is 18.1 Å². The molecule has 0 bridgehead atoms. The van der Waals surface area contributed by atoms with E-state index >= 15 is 0 Å². The standard InChI is InChI=1S/C11H15F3N4O2S/c1-17(21(2,19)20)4-8-5-18(6-8)10-3-9(11(12,13)14)15-7-16-10/h3,7-8H,4-6H2,1-2H3. The Morgan fingerprint density at radius 2 is 2.00 bits per heavy atom. The van der Waals surface area contributed by atoms with Gasteiger partial charge in [0.05, 0.1) is 6.26 Å². The summed E-state index contributed by atoms with van der Waals surface area (Å²) in [6, 6.07) is 0.899. The van der Waals surface area contributed by atoms with E-state index in [9.17, 15) is 21.6 Å². The molecule has 0 saturated carbocycles. The second kappa shape index (κ2) is 5.41. The van der Waals surface area contributed by atoms with Crippen molar-refractivity contribution in [2.75, 3.05) is 37.8 Å². The fourth-order valence-electron chi connectivity index (χ4n) is 2.05. The van der Waals surface area contributed by atoms with Crippen molar-refractivity contribution in [3.8, 4) is 0 Å². The largest absolute Gasteiger partial charge is 0.433 e. The van der Waals surface area contributed by atoms with Gasteiger partial charge in [-0.3, -0.25) is 0 Å². The molecule has 118 valence electrons. The molecule has 6 nitrogen and oxygen atoms in total. The lowest BCUT2D eigenvalue weighted by Gasteiger charge is -2.41. The molecule has 1 aliphatic rings.